The summed E-state index contributed by atoms with van der Waals surface area (Å²) in [4.78, 5) is 12.3. The van der Waals surface area contributed by atoms with Crippen molar-refractivity contribution in [3.8, 4) is 11.6 Å². The van der Waals surface area contributed by atoms with E-state index in [0.717, 1.165) is 0 Å². The van der Waals surface area contributed by atoms with Gasteiger partial charge >= 0.3 is 5.97 Å². The number of ether oxygens (including phenoxy) is 1. The highest BCUT2D eigenvalue weighted by atomic mass is 32.2. The van der Waals surface area contributed by atoms with Crippen LogP contribution >= 0.6 is 0 Å². The number of para-hydroxylation sites is 1. The second-order valence-corrected chi connectivity index (χ2v) is 8.25. The minimum atomic E-state index is -3.92. The summed E-state index contributed by atoms with van der Waals surface area (Å²) >= 11 is 0. The number of rotatable bonds is 5. The first-order chi connectivity index (χ1) is 12.8. The van der Waals surface area contributed by atoms with Gasteiger partial charge in [0.25, 0.3) is 0 Å². The Morgan fingerprint density at radius 1 is 1.00 bits per heavy atom. The summed E-state index contributed by atoms with van der Waals surface area (Å²) in [6, 6.07) is 17.0. The van der Waals surface area contributed by atoms with Gasteiger partial charge in [-0.15, -0.1) is 0 Å². The van der Waals surface area contributed by atoms with E-state index >= 15 is 0 Å². The number of sulfone groups is 1. The minimum Gasteiger partial charge on any atom is -0.406 e. The van der Waals surface area contributed by atoms with Gasteiger partial charge in [-0.25, -0.2) is 8.42 Å². The van der Waals surface area contributed by atoms with Gasteiger partial charge in [-0.2, -0.15) is 9.78 Å². The molecule has 0 saturated heterocycles. The van der Waals surface area contributed by atoms with Gasteiger partial charge in [-0.05, 0) is 31.2 Å². The first-order valence-electron chi connectivity index (χ1n) is 8.49. The first-order valence-corrected chi connectivity index (χ1v) is 9.97. The maximum Gasteiger partial charge on any atom is 0.315 e. The van der Waals surface area contributed by atoms with E-state index in [2.05, 4.69) is 5.10 Å². The number of benzene rings is 2. The molecule has 0 unspecified atom stereocenters. The molecule has 0 aliphatic heterocycles. The Balaban J connectivity index is 2.25. The van der Waals surface area contributed by atoms with Crippen molar-refractivity contribution in [1.82, 2.24) is 9.78 Å². The lowest BCUT2D eigenvalue weighted by molar-refractivity contribution is -0.138. The summed E-state index contributed by atoms with van der Waals surface area (Å²) in [7, 11) is -3.92. The van der Waals surface area contributed by atoms with Crippen molar-refractivity contribution in [3.63, 3.8) is 0 Å². The number of carbonyl (C=O) groups excluding carboxylic acids is 1. The van der Waals surface area contributed by atoms with Gasteiger partial charge in [0.15, 0.2) is 4.90 Å². The zero-order valence-electron chi connectivity index (χ0n) is 15.3. The van der Waals surface area contributed by atoms with Crippen LogP contribution in [0.3, 0.4) is 0 Å². The fourth-order valence-electron chi connectivity index (χ4n) is 2.57. The molecule has 0 fully saturated rings. The third kappa shape index (κ3) is 3.64. The Kier molecular flexibility index (Phi) is 5.14. The maximum atomic E-state index is 13.2. The standard InChI is InChI=1S/C20H20N2O4S/c1-14(2)20(23)26-19-18(27(24,25)17-12-8-5-9-13-17)15(3)21-22(19)16-10-6-4-7-11-16/h4-14H,1-3H3. The Labute approximate surface area is 158 Å². The molecule has 0 aliphatic rings. The average molecular weight is 384 g/mol. The third-order valence-corrected chi connectivity index (χ3v) is 5.86. The van der Waals surface area contributed by atoms with Crippen LogP contribution in [0.4, 0.5) is 0 Å². The molecule has 0 N–H and O–H groups in total. The molecule has 27 heavy (non-hydrogen) atoms. The maximum absolute atomic E-state index is 13.2. The molecule has 6 nitrogen and oxygen atoms in total. The van der Waals surface area contributed by atoms with E-state index < -0.39 is 21.7 Å². The summed E-state index contributed by atoms with van der Waals surface area (Å²) in [6.45, 7) is 4.95. The fraction of sp³-hybridized carbons (Fsp3) is 0.200. The molecule has 3 aromatic rings. The van der Waals surface area contributed by atoms with Crippen molar-refractivity contribution in [2.75, 3.05) is 0 Å². The summed E-state index contributed by atoms with van der Waals surface area (Å²) < 4.78 is 33.3. The normalized spacial score (nSPS) is 11.6. The van der Waals surface area contributed by atoms with Crippen LogP contribution in [-0.4, -0.2) is 24.2 Å². The van der Waals surface area contributed by atoms with E-state index in [-0.39, 0.29) is 21.4 Å². The largest absolute Gasteiger partial charge is 0.406 e. The second-order valence-electron chi connectivity index (χ2n) is 6.36. The molecule has 1 heterocycles. The molecule has 3 rings (SSSR count). The summed E-state index contributed by atoms with van der Waals surface area (Å²) in [5.74, 6) is -1.05. The van der Waals surface area contributed by atoms with E-state index in [0.29, 0.717) is 5.69 Å². The second kappa shape index (κ2) is 7.36. The number of hydrogen-bond donors (Lipinski definition) is 0. The van der Waals surface area contributed by atoms with Crippen LogP contribution in [0.2, 0.25) is 0 Å². The molecule has 140 valence electrons. The zero-order valence-corrected chi connectivity index (χ0v) is 16.1. The molecule has 7 heteroatoms. The van der Waals surface area contributed by atoms with E-state index in [9.17, 15) is 13.2 Å². The van der Waals surface area contributed by atoms with Crippen LogP contribution in [-0.2, 0) is 14.6 Å². The van der Waals surface area contributed by atoms with Gasteiger partial charge in [-0.1, -0.05) is 50.2 Å². The van der Waals surface area contributed by atoms with Gasteiger partial charge < -0.3 is 4.74 Å². The lowest BCUT2D eigenvalue weighted by Crippen LogP contribution is -2.18. The molecular formula is C20H20N2O4S. The Bertz CT molecular complexity index is 1060. The van der Waals surface area contributed by atoms with Crippen molar-refractivity contribution in [2.24, 2.45) is 5.92 Å². The zero-order chi connectivity index (χ0) is 19.6. The molecule has 2 aromatic carbocycles. The van der Waals surface area contributed by atoms with Crippen molar-refractivity contribution in [1.29, 1.82) is 0 Å². The topological polar surface area (TPSA) is 78.3 Å². The molecule has 0 bridgehead atoms. The lowest BCUT2D eigenvalue weighted by Gasteiger charge is -2.12. The van der Waals surface area contributed by atoms with Crippen molar-refractivity contribution in [3.05, 3.63) is 66.4 Å². The van der Waals surface area contributed by atoms with E-state index in [1.807, 2.05) is 6.07 Å². The Hall–Kier alpha value is -2.93. The summed E-state index contributed by atoms with van der Waals surface area (Å²) in [6.07, 6.45) is 0. The molecule has 0 aliphatic carbocycles. The van der Waals surface area contributed by atoms with Crippen molar-refractivity contribution < 1.29 is 17.9 Å². The third-order valence-electron chi connectivity index (χ3n) is 3.96. The van der Waals surface area contributed by atoms with Crippen LogP contribution in [0, 0.1) is 12.8 Å². The number of esters is 1. The highest BCUT2D eigenvalue weighted by molar-refractivity contribution is 7.91. The molecule has 1 aromatic heterocycles. The van der Waals surface area contributed by atoms with Crippen LogP contribution in [0.1, 0.15) is 19.5 Å². The quantitative estimate of drug-likeness (QED) is 0.629. The average Bonchev–Trinajstić information content (AvgIpc) is 2.99. The van der Waals surface area contributed by atoms with Gasteiger partial charge in [0, 0.05) is 0 Å². The van der Waals surface area contributed by atoms with Crippen LogP contribution in [0.5, 0.6) is 5.88 Å². The number of aryl methyl sites for hydroxylation is 1. The number of carbonyl (C=O) groups is 1. The first kappa shape index (κ1) is 18.8. The van der Waals surface area contributed by atoms with Crippen LogP contribution in [0.25, 0.3) is 5.69 Å². The lowest BCUT2D eigenvalue weighted by atomic mass is 10.2. The SMILES string of the molecule is Cc1nn(-c2ccccc2)c(OC(=O)C(C)C)c1S(=O)(=O)c1ccccc1. The van der Waals surface area contributed by atoms with Crippen molar-refractivity contribution in [2.45, 2.75) is 30.6 Å². The monoisotopic (exact) mass is 384 g/mol. The molecule has 0 saturated carbocycles. The number of aromatic nitrogens is 2. The molecule has 0 spiro atoms. The number of nitrogens with zero attached hydrogens (tertiary/aromatic N) is 2. The predicted octanol–water partition coefficient (Wildman–Crippen LogP) is 3.57. The van der Waals surface area contributed by atoms with Gasteiger partial charge in [0.2, 0.25) is 15.7 Å². The molecular weight excluding hydrogens is 364 g/mol. The predicted molar refractivity (Wildman–Crippen MR) is 101 cm³/mol. The Morgan fingerprint density at radius 3 is 2.11 bits per heavy atom. The fourth-order valence-corrected chi connectivity index (χ4v) is 4.10. The van der Waals surface area contributed by atoms with E-state index in [1.54, 1.807) is 63.2 Å². The van der Waals surface area contributed by atoms with Gasteiger partial charge in [0.1, 0.15) is 0 Å². The summed E-state index contributed by atoms with van der Waals surface area (Å²) in [5.41, 5.74) is 0.857. The highest BCUT2D eigenvalue weighted by Crippen LogP contribution is 2.34. The highest BCUT2D eigenvalue weighted by Gasteiger charge is 2.32. The smallest absolute Gasteiger partial charge is 0.315 e. The Morgan fingerprint density at radius 2 is 1.56 bits per heavy atom. The molecule has 0 radical (unpaired) electrons. The minimum absolute atomic E-state index is 0.0961. The molecule has 0 amide bonds. The van der Waals surface area contributed by atoms with Crippen LogP contribution < -0.4 is 4.74 Å². The van der Waals surface area contributed by atoms with Gasteiger partial charge in [-0.3, -0.25) is 4.79 Å². The van der Waals surface area contributed by atoms with Crippen molar-refractivity contribution >= 4 is 15.8 Å². The molecule has 0 atom stereocenters. The van der Waals surface area contributed by atoms with E-state index in [4.69, 9.17) is 4.74 Å². The van der Waals surface area contributed by atoms with Crippen LogP contribution in [0.15, 0.2) is 70.5 Å². The number of hydrogen-bond acceptors (Lipinski definition) is 5. The van der Waals surface area contributed by atoms with Gasteiger partial charge in [0.05, 0.1) is 22.2 Å². The van der Waals surface area contributed by atoms with E-state index in [1.165, 1.54) is 16.8 Å². The summed E-state index contributed by atoms with van der Waals surface area (Å²) in [5, 5.41) is 4.35.